The van der Waals surface area contributed by atoms with Crippen LogP contribution in [0.1, 0.15) is 15.9 Å². The van der Waals surface area contributed by atoms with Crippen molar-refractivity contribution < 1.29 is 23.5 Å². The van der Waals surface area contributed by atoms with Crippen molar-refractivity contribution in [1.29, 1.82) is 5.26 Å². The first-order valence-corrected chi connectivity index (χ1v) is 9.36. The quantitative estimate of drug-likeness (QED) is 0.278. The molecular formula is C21H14FN3O4S. The van der Waals surface area contributed by atoms with E-state index in [4.69, 9.17) is 9.47 Å². The maximum Gasteiger partial charge on any atom is 0.343 e. The summed E-state index contributed by atoms with van der Waals surface area (Å²) in [6, 6.07) is 11.3. The zero-order valence-electron chi connectivity index (χ0n) is 15.6. The van der Waals surface area contributed by atoms with E-state index in [1.54, 1.807) is 11.4 Å². The summed E-state index contributed by atoms with van der Waals surface area (Å²) in [5, 5.41) is 13.9. The molecule has 0 spiro atoms. The lowest BCUT2D eigenvalue weighted by atomic mass is 10.1. The van der Waals surface area contributed by atoms with Crippen LogP contribution in [0.25, 0.3) is 6.08 Å². The third kappa shape index (κ3) is 5.06. The van der Waals surface area contributed by atoms with E-state index in [0.717, 1.165) is 12.1 Å². The Morgan fingerprint density at radius 2 is 1.97 bits per heavy atom. The van der Waals surface area contributed by atoms with Gasteiger partial charge in [-0.3, -0.25) is 10.1 Å². The Kier molecular flexibility index (Phi) is 6.52. The Morgan fingerprint density at radius 1 is 1.20 bits per heavy atom. The van der Waals surface area contributed by atoms with Crippen molar-refractivity contribution in [2.75, 3.05) is 12.4 Å². The first kappa shape index (κ1) is 20.7. The van der Waals surface area contributed by atoms with Crippen LogP contribution in [-0.4, -0.2) is 24.0 Å². The van der Waals surface area contributed by atoms with Gasteiger partial charge < -0.3 is 9.47 Å². The van der Waals surface area contributed by atoms with E-state index in [1.807, 2.05) is 6.07 Å². The lowest BCUT2D eigenvalue weighted by molar-refractivity contribution is -0.112. The van der Waals surface area contributed by atoms with Crippen LogP contribution >= 0.6 is 11.3 Å². The monoisotopic (exact) mass is 423 g/mol. The number of anilines is 1. The number of amides is 1. The number of rotatable bonds is 6. The van der Waals surface area contributed by atoms with Gasteiger partial charge in [-0.2, -0.15) is 5.26 Å². The van der Waals surface area contributed by atoms with E-state index in [1.165, 1.54) is 55.0 Å². The van der Waals surface area contributed by atoms with Gasteiger partial charge >= 0.3 is 5.97 Å². The number of hydrogen-bond donors (Lipinski definition) is 1. The maximum absolute atomic E-state index is 13.0. The first-order chi connectivity index (χ1) is 14.5. The lowest BCUT2D eigenvalue weighted by Gasteiger charge is -2.10. The second-order valence-corrected chi connectivity index (χ2v) is 6.66. The molecule has 0 fully saturated rings. The van der Waals surface area contributed by atoms with Crippen molar-refractivity contribution in [1.82, 2.24) is 4.98 Å². The van der Waals surface area contributed by atoms with Gasteiger partial charge in [-0.1, -0.05) is 6.07 Å². The maximum atomic E-state index is 13.0. The van der Waals surface area contributed by atoms with E-state index >= 15 is 0 Å². The number of benzene rings is 2. The van der Waals surface area contributed by atoms with Gasteiger partial charge in [0.1, 0.15) is 17.5 Å². The molecule has 0 bridgehead atoms. The van der Waals surface area contributed by atoms with Gasteiger partial charge in [-0.05, 0) is 48.0 Å². The minimum atomic E-state index is -0.683. The van der Waals surface area contributed by atoms with Gasteiger partial charge in [-0.25, -0.2) is 14.2 Å². The number of hydrogen-bond acceptors (Lipinski definition) is 7. The normalized spacial score (nSPS) is 10.8. The van der Waals surface area contributed by atoms with E-state index in [2.05, 4.69) is 10.3 Å². The van der Waals surface area contributed by atoms with E-state index < -0.39 is 17.7 Å². The third-order valence-corrected chi connectivity index (χ3v) is 4.49. The highest BCUT2D eigenvalue weighted by Crippen LogP contribution is 2.30. The highest BCUT2D eigenvalue weighted by molar-refractivity contribution is 7.13. The lowest BCUT2D eigenvalue weighted by Crippen LogP contribution is -2.13. The molecule has 9 heteroatoms. The van der Waals surface area contributed by atoms with E-state index in [9.17, 15) is 19.2 Å². The average Bonchev–Trinajstić information content (AvgIpc) is 3.26. The fourth-order valence-electron chi connectivity index (χ4n) is 2.37. The molecule has 1 aromatic heterocycles. The van der Waals surface area contributed by atoms with Crippen molar-refractivity contribution in [3.63, 3.8) is 0 Å². The standard InChI is InChI=1S/C21H14FN3O4S/c1-28-18-11-13(10-15(12-23)19(26)25-21-24-8-9-30-21)2-7-17(18)29-20(27)14-3-5-16(22)6-4-14/h2-11H,1H3,(H,24,25,26)/b15-10+. The van der Waals surface area contributed by atoms with Crippen LogP contribution in [0.5, 0.6) is 11.5 Å². The molecule has 1 amide bonds. The Labute approximate surface area is 175 Å². The molecule has 150 valence electrons. The highest BCUT2D eigenvalue weighted by atomic mass is 32.1. The summed E-state index contributed by atoms with van der Waals surface area (Å²) >= 11 is 1.23. The van der Waals surface area contributed by atoms with Gasteiger partial charge in [0, 0.05) is 11.6 Å². The molecule has 1 N–H and O–H groups in total. The Bertz CT molecular complexity index is 1140. The first-order valence-electron chi connectivity index (χ1n) is 8.48. The molecule has 0 unspecified atom stereocenters. The summed E-state index contributed by atoms with van der Waals surface area (Å²) < 4.78 is 23.6. The number of ether oxygens (including phenoxy) is 2. The Morgan fingerprint density at radius 3 is 2.60 bits per heavy atom. The predicted molar refractivity (Wildman–Crippen MR) is 109 cm³/mol. The molecule has 2 aromatic carbocycles. The average molecular weight is 423 g/mol. The molecule has 0 aliphatic heterocycles. The minimum absolute atomic E-state index is 0.134. The summed E-state index contributed by atoms with van der Waals surface area (Å²) in [5.74, 6) is -1.39. The second-order valence-electron chi connectivity index (χ2n) is 5.77. The van der Waals surface area contributed by atoms with Gasteiger partial charge in [-0.15, -0.1) is 11.3 Å². The van der Waals surface area contributed by atoms with Crippen LogP contribution in [0.15, 0.2) is 59.6 Å². The smallest absolute Gasteiger partial charge is 0.343 e. The molecule has 0 aliphatic rings. The number of nitriles is 1. The second kappa shape index (κ2) is 9.45. The van der Waals surface area contributed by atoms with Crippen molar-refractivity contribution in [3.8, 4) is 17.6 Å². The van der Waals surface area contributed by atoms with Crippen molar-refractivity contribution in [3.05, 3.63) is 76.6 Å². The highest BCUT2D eigenvalue weighted by Gasteiger charge is 2.15. The summed E-state index contributed by atoms with van der Waals surface area (Å²) in [4.78, 5) is 28.4. The molecule has 1 heterocycles. The van der Waals surface area contributed by atoms with Crippen LogP contribution in [0.2, 0.25) is 0 Å². The number of carbonyl (C=O) groups excluding carboxylic acids is 2. The fourth-order valence-corrected chi connectivity index (χ4v) is 2.89. The topological polar surface area (TPSA) is 101 Å². The van der Waals surface area contributed by atoms with Gasteiger partial charge in [0.15, 0.2) is 16.6 Å². The molecule has 30 heavy (non-hydrogen) atoms. The Balaban J connectivity index is 1.79. The third-order valence-electron chi connectivity index (χ3n) is 3.80. The number of thiazole rings is 1. The number of carbonyl (C=O) groups is 2. The van der Waals surface area contributed by atoms with Gasteiger partial charge in [0.05, 0.1) is 12.7 Å². The molecule has 3 aromatic rings. The van der Waals surface area contributed by atoms with Gasteiger partial charge in [0.2, 0.25) is 0 Å². The van der Waals surface area contributed by atoms with Crippen LogP contribution in [0.3, 0.4) is 0 Å². The fraction of sp³-hybridized carbons (Fsp3) is 0.0476. The number of esters is 1. The molecule has 0 atom stereocenters. The van der Waals surface area contributed by atoms with Crippen molar-refractivity contribution in [2.24, 2.45) is 0 Å². The molecule has 7 nitrogen and oxygen atoms in total. The van der Waals surface area contributed by atoms with Crippen LogP contribution in [0.4, 0.5) is 9.52 Å². The molecule has 0 saturated carbocycles. The van der Waals surface area contributed by atoms with Crippen LogP contribution in [-0.2, 0) is 4.79 Å². The molecular weight excluding hydrogens is 409 g/mol. The number of methoxy groups -OCH3 is 1. The molecule has 0 saturated heterocycles. The summed E-state index contributed by atoms with van der Waals surface area (Å²) in [6.45, 7) is 0. The Hall–Kier alpha value is -4.03. The van der Waals surface area contributed by atoms with Crippen molar-refractivity contribution >= 4 is 34.4 Å². The number of halogens is 1. The number of nitrogens with zero attached hydrogens (tertiary/aromatic N) is 2. The summed E-state index contributed by atoms with van der Waals surface area (Å²) in [5.41, 5.74) is 0.524. The van der Waals surface area contributed by atoms with E-state index in [-0.39, 0.29) is 22.6 Å². The number of nitrogens with one attached hydrogen (secondary N) is 1. The molecule has 0 radical (unpaired) electrons. The number of aromatic nitrogens is 1. The van der Waals surface area contributed by atoms with Crippen LogP contribution < -0.4 is 14.8 Å². The minimum Gasteiger partial charge on any atom is -0.493 e. The zero-order valence-corrected chi connectivity index (χ0v) is 16.4. The predicted octanol–water partition coefficient (Wildman–Crippen LogP) is 4.06. The van der Waals surface area contributed by atoms with Crippen molar-refractivity contribution in [2.45, 2.75) is 0 Å². The largest absolute Gasteiger partial charge is 0.493 e. The summed E-state index contributed by atoms with van der Waals surface area (Å²) in [6.07, 6.45) is 2.91. The SMILES string of the molecule is COc1cc(/C=C(\C#N)C(=O)Nc2nccs2)ccc1OC(=O)c1ccc(F)cc1. The summed E-state index contributed by atoms with van der Waals surface area (Å²) in [7, 11) is 1.39. The molecule has 3 rings (SSSR count). The molecule has 0 aliphatic carbocycles. The van der Waals surface area contributed by atoms with Gasteiger partial charge in [0.25, 0.3) is 5.91 Å². The van der Waals surface area contributed by atoms with E-state index in [0.29, 0.717) is 10.7 Å². The zero-order chi connectivity index (χ0) is 21.5. The van der Waals surface area contributed by atoms with Crippen LogP contribution in [0, 0.1) is 17.1 Å².